The Morgan fingerprint density at radius 2 is 2.06 bits per heavy atom. The quantitative estimate of drug-likeness (QED) is 0.591. The van der Waals surface area contributed by atoms with Gasteiger partial charge in [0.1, 0.15) is 0 Å². The number of nitrogens with zero attached hydrogens (tertiary/aromatic N) is 2. The summed E-state index contributed by atoms with van der Waals surface area (Å²) in [4.78, 5) is 11.8. The molecule has 0 saturated carbocycles. The first-order chi connectivity index (χ1) is 8.79. The van der Waals surface area contributed by atoms with Gasteiger partial charge in [-0.05, 0) is 6.42 Å². The molecule has 0 fully saturated rings. The molecule has 5 heteroatoms. The fraction of sp³-hybridized carbons (Fsp3) is 0.308. The maximum absolute atomic E-state index is 11.8. The minimum absolute atomic E-state index is 0.0656. The van der Waals surface area contributed by atoms with E-state index in [9.17, 15) is 4.79 Å². The van der Waals surface area contributed by atoms with Crippen molar-refractivity contribution in [2.24, 2.45) is 0 Å². The molecule has 0 bridgehead atoms. The summed E-state index contributed by atoms with van der Waals surface area (Å²) in [6.07, 6.45) is 1.75. The van der Waals surface area contributed by atoms with Gasteiger partial charge >= 0.3 is 0 Å². The number of benzene rings is 1. The number of aromatic nitrogens is 2. The molecule has 0 saturated heterocycles. The highest BCUT2D eigenvalue weighted by Gasteiger charge is 2.10. The maximum atomic E-state index is 11.8. The highest BCUT2D eigenvalue weighted by Crippen LogP contribution is 2.18. The Kier molecular flexibility index (Phi) is 4.52. The molecule has 2 aromatic rings. The van der Waals surface area contributed by atoms with E-state index in [1.54, 1.807) is 12.1 Å². The molecule has 0 amide bonds. The highest BCUT2D eigenvalue weighted by molar-refractivity contribution is 7.99. The van der Waals surface area contributed by atoms with Gasteiger partial charge in [-0.1, -0.05) is 49.0 Å². The summed E-state index contributed by atoms with van der Waals surface area (Å²) in [5.41, 5.74) is 0.707. The first-order valence-electron chi connectivity index (χ1n) is 5.83. The van der Waals surface area contributed by atoms with E-state index in [2.05, 4.69) is 17.1 Å². The lowest BCUT2D eigenvalue weighted by Gasteiger charge is -1.97. The topological polar surface area (TPSA) is 56.0 Å². The molecule has 0 spiro atoms. The van der Waals surface area contributed by atoms with Crippen molar-refractivity contribution in [2.45, 2.75) is 25.0 Å². The SMILES string of the molecule is CCCc1nnc(SCC(=O)c2ccccc2)o1. The van der Waals surface area contributed by atoms with Crippen LogP contribution in [0, 0.1) is 0 Å². The van der Waals surface area contributed by atoms with Gasteiger partial charge in [-0.15, -0.1) is 10.2 Å². The van der Waals surface area contributed by atoms with Crippen molar-refractivity contribution in [1.29, 1.82) is 0 Å². The summed E-state index contributed by atoms with van der Waals surface area (Å²) in [5, 5.41) is 8.26. The van der Waals surface area contributed by atoms with E-state index >= 15 is 0 Å². The van der Waals surface area contributed by atoms with E-state index in [4.69, 9.17) is 4.42 Å². The third kappa shape index (κ3) is 3.43. The lowest BCUT2D eigenvalue weighted by Crippen LogP contribution is -2.01. The van der Waals surface area contributed by atoms with Gasteiger partial charge < -0.3 is 4.42 Å². The Morgan fingerprint density at radius 1 is 1.28 bits per heavy atom. The Labute approximate surface area is 110 Å². The second kappa shape index (κ2) is 6.35. The Balaban J connectivity index is 1.89. The van der Waals surface area contributed by atoms with Crippen LogP contribution in [0.25, 0.3) is 0 Å². The van der Waals surface area contributed by atoms with Crippen molar-refractivity contribution >= 4 is 17.5 Å². The predicted octanol–water partition coefficient (Wildman–Crippen LogP) is 3.00. The molecule has 2 rings (SSSR count). The third-order valence-corrected chi connectivity index (χ3v) is 3.15. The Bertz CT molecular complexity index is 511. The number of carbonyl (C=O) groups is 1. The monoisotopic (exact) mass is 262 g/mol. The molecule has 4 nitrogen and oxygen atoms in total. The summed E-state index contributed by atoms with van der Waals surface area (Å²) in [6.45, 7) is 2.05. The van der Waals surface area contributed by atoms with Gasteiger partial charge in [0.05, 0.1) is 5.75 Å². The molecule has 0 aliphatic carbocycles. The van der Waals surface area contributed by atoms with E-state index < -0.39 is 0 Å². The van der Waals surface area contributed by atoms with Crippen molar-refractivity contribution in [1.82, 2.24) is 10.2 Å². The molecule has 0 aliphatic rings. The first kappa shape index (κ1) is 12.8. The molecule has 1 heterocycles. The summed E-state index contributed by atoms with van der Waals surface area (Å²) in [6, 6.07) is 9.20. The van der Waals surface area contributed by atoms with E-state index in [0.717, 1.165) is 12.8 Å². The van der Waals surface area contributed by atoms with Gasteiger partial charge in [-0.3, -0.25) is 4.79 Å². The minimum atomic E-state index is 0.0656. The zero-order chi connectivity index (χ0) is 12.8. The lowest BCUT2D eigenvalue weighted by molar-refractivity contribution is 0.102. The summed E-state index contributed by atoms with van der Waals surface area (Å²) in [5.74, 6) is 1.01. The van der Waals surface area contributed by atoms with E-state index in [1.807, 2.05) is 18.2 Å². The smallest absolute Gasteiger partial charge is 0.277 e. The standard InChI is InChI=1S/C13H14N2O2S/c1-2-6-12-14-15-13(17-12)18-9-11(16)10-7-4-3-5-8-10/h3-5,7-8H,2,6,9H2,1H3. The molecule has 18 heavy (non-hydrogen) atoms. The van der Waals surface area contributed by atoms with Crippen LogP contribution in [0.4, 0.5) is 0 Å². The van der Waals surface area contributed by atoms with E-state index in [-0.39, 0.29) is 5.78 Å². The molecule has 0 N–H and O–H groups in total. The van der Waals surface area contributed by atoms with Crippen LogP contribution in [0.15, 0.2) is 40.0 Å². The fourth-order valence-electron chi connectivity index (χ4n) is 1.45. The first-order valence-corrected chi connectivity index (χ1v) is 6.81. The number of hydrogen-bond acceptors (Lipinski definition) is 5. The number of ketones is 1. The maximum Gasteiger partial charge on any atom is 0.277 e. The van der Waals surface area contributed by atoms with Gasteiger partial charge in [-0.2, -0.15) is 0 Å². The van der Waals surface area contributed by atoms with Crippen molar-refractivity contribution in [3.63, 3.8) is 0 Å². The molecule has 0 unspecified atom stereocenters. The molecular weight excluding hydrogens is 248 g/mol. The summed E-state index contributed by atoms with van der Waals surface area (Å²) >= 11 is 1.28. The van der Waals surface area contributed by atoms with Crippen LogP contribution in [0.2, 0.25) is 0 Å². The van der Waals surface area contributed by atoms with Gasteiger partial charge in [0.2, 0.25) is 5.89 Å². The average molecular weight is 262 g/mol. The van der Waals surface area contributed by atoms with Crippen molar-refractivity contribution in [2.75, 3.05) is 5.75 Å². The third-order valence-electron chi connectivity index (χ3n) is 2.33. The van der Waals surface area contributed by atoms with Crippen LogP contribution in [0.3, 0.4) is 0 Å². The normalized spacial score (nSPS) is 10.5. The number of carbonyl (C=O) groups excluding carboxylic acids is 1. The molecule has 0 aliphatic heterocycles. The number of aryl methyl sites for hydroxylation is 1. The van der Waals surface area contributed by atoms with Crippen LogP contribution in [-0.2, 0) is 6.42 Å². The molecule has 1 aromatic heterocycles. The molecule has 0 atom stereocenters. The highest BCUT2D eigenvalue weighted by atomic mass is 32.2. The zero-order valence-electron chi connectivity index (χ0n) is 10.1. The lowest BCUT2D eigenvalue weighted by atomic mass is 10.2. The summed E-state index contributed by atoms with van der Waals surface area (Å²) in [7, 11) is 0. The number of hydrogen-bond donors (Lipinski definition) is 0. The van der Waals surface area contributed by atoms with E-state index in [1.165, 1.54) is 11.8 Å². The van der Waals surface area contributed by atoms with E-state index in [0.29, 0.717) is 22.4 Å². The fourth-order valence-corrected chi connectivity index (χ4v) is 2.12. The van der Waals surface area contributed by atoms with Crippen LogP contribution < -0.4 is 0 Å². The predicted molar refractivity (Wildman–Crippen MR) is 69.8 cm³/mol. The second-order valence-electron chi connectivity index (χ2n) is 3.79. The minimum Gasteiger partial charge on any atom is -0.416 e. The van der Waals surface area contributed by atoms with Crippen LogP contribution in [0.1, 0.15) is 29.6 Å². The Morgan fingerprint density at radius 3 is 2.78 bits per heavy atom. The molecule has 0 radical (unpaired) electrons. The number of rotatable bonds is 6. The second-order valence-corrected chi connectivity index (χ2v) is 4.72. The number of Topliss-reactive ketones (excluding diaryl/α,β-unsaturated/α-hetero) is 1. The van der Waals surface area contributed by atoms with Crippen LogP contribution in [-0.4, -0.2) is 21.7 Å². The molecule has 94 valence electrons. The van der Waals surface area contributed by atoms with Crippen molar-refractivity contribution in [3.05, 3.63) is 41.8 Å². The van der Waals surface area contributed by atoms with Gasteiger partial charge in [0, 0.05) is 12.0 Å². The molecule has 1 aromatic carbocycles. The Hall–Kier alpha value is -1.62. The summed E-state index contributed by atoms with van der Waals surface area (Å²) < 4.78 is 5.40. The van der Waals surface area contributed by atoms with Gasteiger partial charge in [0.25, 0.3) is 5.22 Å². The van der Waals surface area contributed by atoms with Gasteiger partial charge in [-0.25, -0.2) is 0 Å². The van der Waals surface area contributed by atoms with Crippen LogP contribution >= 0.6 is 11.8 Å². The van der Waals surface area contributed by atoms with Crippen molar-refractivity contribution in [3.8, 4) is 0 Å². The largest absolute Gasteiger partial charge is 0.416 e. The van der Waals surface area contributed by atoms with Crippen molar-refractivity contribution < 1.29 is 9.21 Å². The zero-order valence-corrected chi connectivity index (χ0v) is 10.9. The van der Waals surface area contributed by atoms with Crippen LogP contribution in [0.5, 0.6) is 0 Å². The molecular formula is C13H14N2O2S. The average Bonchev–Trinajstić information content (AvgIpc) is 2.85. The number of thioether (sulfide) groups is 1. The van der Waals surface area contributed by atoms with Gasteiger partial charge in [0.15, 0.2) is 5.78 Å².